The van der Waals surface area contributed by atoms with Crippen molar-refractivity contribution >= 4 is 11.8 Å². The third kappa shape index (κ3) is 4.32. The Kier molecular flexibility index (Phi) is 5.56. The first-order valence-corrected chi connectivity index (χ1v) is 7.51. The Morgan fingerprint density at radius 1 is 1.10 bits per heavy atom. The molecule has 0 radical (unpaired) electrons. The Morgan fingerprint density at radius 3 is 2.60 bits per heavy atom. The molecule has 20 heavy (non-hydrogen) atoms. The molecule has 106 valence electrons. The van der Waals surface area contributed by atoms with Crippen LogP contribution in [-0.4, -0.2) is 12.3 Å². The van der Waals surface area contributed by atoms with Crippen LogP contribution in [0.1, 0.15) is 18.5 Å². The Hall–Kier alpha value is -1.39. The minimum absolute atomic E-state index is 0.206. The standard InChI is InChI=1S/C16H17F2NS/c1-12(15-11-13(17)7-8-16(15)18)19-9-10-20-14-5-3-2-4-6-14/h2-8,11-12,19H,9-10H2,1H3. The van der Waals surface area contributed by atoms with E-state index in [4.69, 9.17) is 0 Å². The van der Waals surface area contributed by atoms with Gasteiger partial charge in [0, 0.05) is 28.8 Å². The van der Waals surface area contributed by atoms with E-state index in [-0.39, 0.29) is 11.9 Å². The lowest BCUT2D eigenvalue weighted by Gasteiger charge is -2.15. The van der Waals surface area contributed by atoms with E-state index in [1.54, 1.807) is 11.8 Å². The Labute approximate surface area is 122 Å². The van der Waals surface area contributed by atoms with Gasteiger partial charge in [0.1, 0.15) is 11.6 Å². The topological polar surface area (TPSA) is 12.0 Å². The smallest absolute Gasteiger partial charge is 0.128 e. The lowest BCUT2D eigenvalue weighted by molar-refractivity contribution is 0.530. The van der Waals surface area contributed by atoms with Gasteiger partial charge < -0.3 is 5.32 Å². The summed E-state index contributed by atoms with van der Waals surface area (Å²) in [4.78, 5) is 1.21. The number of halogens is 2. The number of benzene rings is 2. The molecule has 0 spiro atoms. The predicted molar refractivity (Wildman–Crippen MR) is 79.9 cm³/mol. The van der Waals surface area contributed by atoms with Crippen LogP contribution in [0.5, 0.6) is 0 Å². The highest BCUT2D eigenvalue weighted by Crippen LogP contribution is 2.19. The van der Waals surface area contributed by atoms with Gasteiger partial charge in [0.2, 0.25) is 0 Å². The second kappa shape index (κ2) is 7.41. The van der Waals surface area contributed by atoms with Gasteiger partial charge in [-0.3, -0.25) is 0 Å². The summed E-state index contributed by atoms with van der Waals surface area (Å²) in [7, 11) is 0. The monoisotopic (exact) mass is 293 g/mol. The molecule has 1 N–H and O–H groups in total. The number of nitrogens with one attached hydrogen (secondary N) is 1. The first kappa shape index (κ1) is 15.0. The SMILES string of the molecule is CC(NCCSc1ccccc1)c1cc(F)ccc1F. The summed E-state index contributed by atoms with van der Waals surface area (Å²) in [6, 6.07) is 13.4. The van der Waals surface area contributed by atoms with Gasteiger partial charge in [0.25, 0.3) is 0 Å². The van der Waals surface area contributed by atoms with Crippen LogP contribution in [0, 0.1) is 11.6 Å². The van der Waals surface area contributed by atoms with Crippen molar-refractivity contribution in [3.8, 4) is 0 Å². The van der Waals surface area contributed by atoms with Gasteiger partial charge in [-0.2, -0.15) is 0 Å². The summed E-state index contributed by atoms with van der Waals surface area (Å²) >= 11 is 1.73. The van der Waals surface area contributed by atoms with Crippen LogP contribution in [0.3, 0.4) is 0 Å². The maximum Gasteiger partial charge on any atom is 0.128 e. The van der Waals surface area contributed by atoms with E-state index in [9.17, 15) is 8.78 Å². The third-order valence-corrected chi connectivity index (χ3v) is 4.00. The molecule has 2 aromatic rings. The normalized spacial score (nSPS) is 12.3. The average molecular weight is 293 g/mol. The number of thioether (sulfide) groups is 1. The van der Waals surface area contributed by atoms with Crippen molar-refractivity contribution in [3.63, 3.8) is 0 Å². The van der Waals surface area contributed by atoms with E-state index < -0.39 is 5.82 Å². The van der Waals surface area contributed by atoms with Crippen molar-refractivity contribution < 1.29 is 8.78 Å². The van der Waals surface area contributed by atoms with Crippen LogP contribution in [0.15, 0.2) is 53.4 Å². The molecular weight excluding hydrogens is 276 g/mol. The van der Waals surface area contributed by atoms with Gasteiger partial charge in [-0.05, 0) is 37.3 Å². The predicted octanol–water partition coefficient (Wildman–Crippen LogP) is 4.41. The van der Waals surface area contributed by atoms with Crippen molar-refractivity contribution in [1.29, 1.82) is 0 Å². The summed E-state index contributed by atoms with van der Waals surface area (Å²) in [6.45, 7) is 2.57. The van der Waals surface area contributed by atoms with E-state index in [1.807, 2.05) is 25.1 Å². The van der Waals surface area contributed by atoms with Gasteiger partial charge in [0.05, 0.1) is 0 Å². The number of rotatable bonds is 6. The summed E-state index contributed by atoms with van der Waals surface area (Å²) in [5.41, 5.74) is 0.370. The number of hydrogen-bond acceptors (Lipinski definition) is 2. The number of hydrogen-bond donors (Lipinski definition) is 1. The molecule has 1 unspecified atom stereocenters. The van der Waals surface area contributed by atoms with Crippen LogP contribution in [-0.2, 0) is 0 Å². The highest BCUT2D eigenvalue weighted by atomic mass is 32.2. The molecule has 0 bridgehead atoms. The first-order valence-electron chi connectivity index (χ1n) is 6.53. The maximum absolute atomic E-state index is 13.6. The molecule has 1 atom stereocenters. The largest absolute Gasteiger partial charge is 0.309 e. The second-order valence-corrected chi connectivity index (χ2v) is 5.67. The van der Waals surface area contributed by atoms with Gasteiger partial charge in [-0.25, -0.2) is 8.78 Å². The maximum atomic E-state index is 13.6. The van der Waals surface area contributed by atoms with E-state index in [0.717, 1.165) is 18.4 Å². The summed E-state index contributed by atoms with van der Waals surface area (Å²) < 4.78 is 26.7. The minimum Gasteiger partial charge on any atom is -0.309 e. The van der Waals surface area contributed by atoms with Gasteiger partial charge >= 0.3 is 0 Å². The van der Waals surface area contributed by atoms with Crippen molar-refractivity contribution in [3.05, 3.63) is 65.7 Å². The quantitative estimate of drug-likeness (QED) is 0.625. The Morgan fingerprint density at radius 2 is 1.85 bits per heavy atom. The average Bonchev–Trinajstić information content (AvgIpc) is 2.47. The molecule has 0 aliphatic heterocycles. The molecule has 0 heterocycles. The molecule has 2 rings (SSSR count). The molecule has 0 aliphatic rings. The minimum atomic E-state index is -0.409. The van der Waals surface area contributed by atoms with E-state index in [1.165, 1.54) is 17.0 Å². The van der Waals surface area contributed by atoms with Crippen LogP contribution in [0.4, 0.5) is 8.78 Å². The van der Waals surface area contributed by atoms with Gasteiger partial charge in [-0.15, -0.1) is 11.8 Å². The fourth-order valence-electron chi connectivity index (χ4n) is 1.92. The zero-order valence-corrected chi connectivity index (χ0v) is 12.1. The van der Waals surface area contributed by atoms with E-state index >= 15 is 0 Å². The second-order valence-electron chi connectivity index (χ2n) is 4.50. The molecule has 4 heteroatoms. The van der Waals surface area contributed by atoms with Gasteiger partial charge in [0.15, 0.2) is 0 Å². The molecule has 0 amide bonds. The molecule has 0 fully saturated rings. The van der Waals surface area contributed by atoms with E-state index in [2.05, 4.69) is 17.4 Å². The lowest BCUT2D eigenvalue weighted by Crippen LogP contribution is -2.22. The fourth-order valence-corrected chi connectivity index (χ4v) is 2.72. The van der Waals surface area contributed by atoms with Crippen molar-refractivity contribution in [2.24, 2.45) is 0 Å². The zero-order valence-electron chi connectivity index (χ0n) is 11.3. The van der Waals surface area contributed by atoms with Crippen LogP contribution >= 0.6 is 11.8 Å². The lowest BCUT2D eigenvalue weighted by atomic mass is 10.1. The van der Waals surface area contributed by atoms with Gasteiger partial charge in [-0.1, -0.05) is 18.2 Å². The molecule has 0 saturated carbocycles. The van der Waals surface area contributed by atoms with Crippen molar-refractivity contribution in [2.45, 2.75) is 17.9 Å². The van der Waals surface area contributed by atoms with Crippen molar-refractivity contribution in [2.75, 3.05) is 12.3 Å². The summed E-state index contributed by atoms with van der Waals surface area (Å²) in [5, 5.41) is 3.21. The zero-order chi connectivity index (χ0) is 14.4. The third-order valence-electron chi connectivity index (χ3n) is 2.99. The molecular formula is C16H17F2NS. The summed E-state index contributed by atoms with van der Waals surface area (Å²) in [5.74, 6) is 0.0986. The Balaban J connectivity index is 1.80. The molecule has 1 nitrogen and oxygen atoms in total. The van der Waals surface area contributed by atoms with E-state index in [0.29, 0.717) is 5.56 Å². The highest BCUT2D eigenvalue weighted by molar-refractivity contribution is 7.99. The molecule has 0 aliphatic carbocycles. The van der Waals surface area contributed by atoms with Crippen LogP contribution < -0.4 is 5.32 Å². The summed E-state index contributed by atoms with van der Waals surface area (Å²) in [6.07, 6.45) is 0. The molecule has 0 saturated heterocycles. The molecule has 0 aromatic heterocycles. The van der Waals surface area contributed by atoms with Crippen molar-refractivity contribution in [1.82, 2.24) is 5.32 Å². The Bertz CT molecular complexity index is 545. The fraction of sp³-hybridized carbons (Fsp3) is 0.250. The first-order chi connectivity index (χ1) is 9.66. The van der Waals surface area contributed by atoms with Crippen LogP contribution in [0.25, 0.3) is 0 Å². The van der Waals surface area contributed by atoms with Crippen LogP contribution in [0.2, 0.25) is 0 Å². The molecule has 2 aromatic carbocycles. The highest BCUT2D eigenvalue weighted by Gasteiger charge is 2.11.